The van der Waals surface area contributed by atoms with Crippen molar-refractivity contribution >= 4 is 0 Å². The molecule has 0 N–H and O–H groups in total. The minimum atomic E-state index is 0.568. The third-order valence-corrected chi connectivity index (χ3v) is 4.57. The Morgan fingerprint density at radius 1 is 1.33 bits per heavy atom. The summed E-state index contributed by atoms with van der Waals surface area (Å²) in [7, 11) is 0. The van der Waals surface area contributed by atoms with Gasteiger partial charge < -0.3 is 0 Å². The fourth-order valence-electron chi connectivity index (χ4n) is 3.44. The SMILES string of the molecule is C=C1CC/C=C(\C)CCC2C1CC2(C)C. The molecule has 0 heteroatoms. The number of fused-ring (bicyclic) bond motifs is 1. The average Bonchev–Trinajstić information content (AvgIpc) is 2.18. The molecule has 1 saturated carbocycles. The summed E-state index contributed by atoms with van der Waals surface area (Å²) in [6.07, 6.45) is 8.90. The van der Waals surface area contributed by atoms with Crippen LogP contribution in [0.15, 0.2) is 23.8 Å². The Morgan fingerprint density at radius 2 is 2.07 bits per heavy atom. The van der Waals surface area contributed by atoms with Crippen LogP contribution in [0.1, 0.15) is 52.9 Å². The molecule has 2 aliphatic rings. The second-order valence-electron chi connectivity index (χ2n) is 6.19. The quantitative estimate of drug-likeness (QED) is 0.501. The summed E-state index contributed by atoms with van der Waals surface area (Å²) >= 11 is 0. The number of hydrogen-bond acceptors (Lipinski definition) is 0. The maximum absolute atomic E-state index is 4.30. The standard InChI is InChI=1S/C15H24/c1-11-6-5-7-12(2)13-10-15(3,4)14(13)9-8-11/h6,13-14H,2,5,7-10H2,1,3-4H3/b11-6+. The second-order valence-corrected chi connectivity index (χ2v) is 6.19. The maximum Gasteiger partial charge on any atom is -0.0167 e. The molecule has 15 heavy (non-hydrogen) atoms. The Morgan fingerprint density at radius 3 is 2.73 bits per heavy atom. The van der Waals surface area contributed by atoms with Gasteiger partial charge in [-0.3, -0.25) is 0 Å². The van der Waals surface area contributed by atoms with Gasteiger partial charge in [-0.2, -0.15) is 0 Å². The Kier molecular flexibility index (Phi) is 2.79. The predicted octanol–water partition coefficient (Wildman–Crippen LogP) is 4.73. The van der Waals surface area contributed by atoms with Crippen LogP contribution in [0, 0.1) is 17.3 Å². The Hall–Kier alpha value is -0.520. The van der Waals surface area contributed by atoms with Gasteiger partial charge in [0, 0.05) is 0 Å². The van der Waals surface area contributed by atoms with E-state index in [9.17, 15) is 0 Å². The molecule has 0 spiro atoms. The highest BCUT2D eigenvalue weighted by molar-refractivity contribution is 5.16. The zero-order valence-corrected chi connectivity index (χ0v) is 10.5. The Labute approximate surface area is 94.5 Å². The van der Waals surface area contributed by atoms with Crippen molar-refractivity contribution in [1.29, 1.82) is 0 Å². The molecule has 0 nitrogen and oxygen atoms in total. The van der Waals surface area contributed by atoms with E-state index < -0.39 is 0 Å². The fourth-order valence-corrected chi connectivity index (χ4v) is 3.44. The smallest absolute Gasteiger partial charge is 0.0167 e. The molecule has 2 atom stereocenters. The van der Waals surface area contributed by atoms with Gasteiger partial charge in [0.05, 0.1) is 0 Å². The van der Waals surface area contributed by atoms with Gasteiger partial charge in [-0.25, -0.2) is 0 Å². The van der Waals surface area contributed by atoms with E-state index in [4.69, 9.17) is 0 Å². The van der Waals surface area contributed by atoms with Crippen LogP contribution in [0.2, 0.25) is 0 Å². The zero-order valence-electron chi connectivity index (χ0n) is 10.5. The van der Waals surface area contributed by atoms with Gasteiger partial charge in [0.1, 0.15) is 0 Å². The fraction of sp³-hybridized carbons (Fsp3) is 0.733. The van der Waals surface area contributed by atoms with E-state index in [1.807, 2.05) is 0 Å². The van der Waals surface area contributed by atoms with Gasteiger partial charge in [0.15, 0.2) is 0 Å². The lowest BCUT2D eigenvalue weighted by Crippen LogP contribution is -2.44. The third-order valence-electron chi connectivity index (χ3n) is 4.57. The highest BCUT2D eigenvalue weighted by Crippen LogP contribution is 2.56. The van der Waals surface area contributed by atoms with E-state index in [0.29, 0.717) is 5.41 Å². The average molecular weight is 204 g/mol. The molecule has 84 valence electrons. The molecule has 2 rings (SSSR count). The van der Waals surface area contributed by atoms with Crippen molar-refractivity contribution in [2.24, 2.45) is 17.3 Å². The minimum absolute atomic E-state index is 0.568. The summed E-state index contributed by atoms with van der Waals surface area (Å²) < 4.78 is 0. The van der Waals surface area contributed by atoms with Crippen molar-refractivity contribution in [3.8, 4) is 0 Å². The molecule has 0 saturated heterocycles. The van der Waals surface area contributed by atoms with Crippen molar-refractivity contribution in [2.45, 2.75) is 52.9 Å². The predicted molar refractivity (Wildman–Crippen MR) is 66.7 cm³/mol. The molecule has 0 aromatic heterocycles. The molecule has 0 bridgehead atoms. The second kappa shape index (κ2) is 3.81. The molecule has 0 heterocycles. The molecular formula is C15H24. The summed E-state index contributed by atoms with van der Waals surface area (Å²) in [6, 6.07) is 0. The van der Waals surface area contributed by atoms with Gasteiger partial charge in [-0.05, 0) is 56.3 Å². The largest absolute Gasteiger partial charge is 0.0996 e. The van der Waals surface area contributed by atoms with Crippen LogP contribution in [0.5, 0.6) is 0 Å². The van der Waals surface area contributed by atoms with E-state index >= 15 is 0 Å². The first-order valence-electron chi connectivity index (χ1n) is 6.34. The molecule has 0 amide bonds. The highest BCUT2D eigenvalue weighted by atomic mass is 14.5. The lowest BCUT2D eigenvalue weighted by atomic mass is 9.52. The number of allylic oxidation sites excluding steroid dienone is 3. The molecule has 1 fully saturated rings. The molecular weight excluding hydrogens is 180 g/mol. The third kappa shape index (κ3) is 2.04. The maximum atomic E-state index is 4.30. The van der Waals surface area contributed by atoms with E-state index in [-0.39, 0.29) is 0 Å². The van der Waals surface area contributed by atoms with Crippen molar-refractivity contribution in [3.05, 3.63) is 23.8 Å². The van der Waals surface area contributed by atoms with E-state index in [0.717, 1.165) is 11.8 Å². The van der Waals surface area contributed by atoms with Crippen LogP contribution in [0.4, 0.5) is 0 Å². The van der Waals surface area contributed by atoms with E-state index in [1.165, 1.54) is 37.7 Å². The molecule has 0 aliphatic heterocycles. The first kappa shape index (κ1) is 11.0. The van der Waals surface area contributed by atoms with Crippen molar-refractivity contribution in [3.63, 3.8) is 0 Å². The van der Waals surface area contributed by atoms with Crippen molar-refractivity contribution in [2.75, 3.05) is 0 Å². The lowest BCUT2D eigenvalue weighted by Gasteiger charge is -2.53. The van der Waals surface area contributed by atoms with Crippen LogP contribution in [0.3, 0.4) is 0 Å². The van der Waals surface area contributed by atoms with Crippen LogP contribution < -0.4 is 0 Å². The Bertz CT molecular complexity index is 293. The molecule has 2 unspecified atom stereocenters. The summed E-state index contributed by atoms with van der Waals surface area (Å²) in [5, 5.41) is 0. The number of rotatable bonds is 0. The van der Waals surface area contributed by atoms with Crippen LogP contribution >= 0.6 is 0 Å². The molecule has 2 aliphatic carbocycles. The summed E-state index contributed by atoms with van der Waals surface area (Å²) in [6.45, 7) is 11.4. The monoisotopic (exact) mass is 204 g/mol. The normalized spacial score (nSPS) is 38.9. The summed E-state index contributed by atoms with van der Waals surface area (Å²) in [4.78, 5) is 0. The molecule has 0 radical (unpaired) electrons. The van der Waals surface area contributed by atoms with Gasteiger partial charge in [0.2, 0.25) is 0 Å². The first-order chi connectivity index (χ1) is 7.00. The number of hydrogen-bond donors (Lipinski definition) is 0. The van der Waals surface area contributed by atoms with E-state index in [1.54, 1.807) is 5.57 Å². The van der Waals surface area contributed by atoms with Gasteiger partial charge in [-0.15, -0.1) is 0 Å². The van der Waals surface area contributed by atoms with Crippen molar-refractivity contribution in [1.82, 2.24) is 0 Å². The van der Waals surface area contributed by atoms with Gasteiger partial charge in [-0.1, -0.05) is 37.6 Å². The van der Waals surface area contributed by atoms with Gasteiger partial charge in [0.25, 0.3) is 0 Å². The Balaban J connectivity index is 2.12. The van der Waals surface area contributed by atoms with Gasteiger partial charge >= 0.3 is 0 Å². The van der Waals surface area contributed by atoms with Crippen LogP contribution in [0.25, 0.3) is 0 Å². The summed E-state index contributed by atoms with van der Waals surface area (Å²) in [5.74, 6) is 1.73. The molecule has 0 aromatic rings. The molecule has 0 aromatic carbocycles. The lowest BCUT2D eigenvalue weighted by molar-refractivity contribution is 0.00384. The zero-order chi connectivity index (χ0) is 11.1. The first-order valence-corrected chi connectivity index (χ1v) is 6.34. The van der Waals surface area contributed by atoms with Crippen molar-refractivity contribution < 1.29 is 0 Å². The van der Waals surface area contributed by atoms with Crippen LogP contribution in [-0.2, 0) is 0 Å². The summed E-state index contributed by atoms with van der Waals surface area (Å²) in [5.41, 5.74) is 3.68. The van der Waals surface area contributed by atoms with E-state index in [2.05, 4.69) is 33.4 Å². The minimum Gasteiger partial charge on any atom is -0.0996 e. The topological polar surface area (TPSA) is 0 Å². The highest BCUT2D eigenvalue weighted by Gasteiger charge is 2.47. The van der Waals surface area contributed by atoms with Crippen LogP contribution in [-0.4, -0.2) is 0 Å².